The molecule has 1 nitrogen and oxygen atoms in total. The van der Waals surface area contributed by atoms with E-state index in [9.17, 15) is 0 Å². The highest BCUT2D eigenvalue weighted by Gasteiger charge is 2.07. The van der Waals surface area contributed by atoms with E-state index in [2.05, 4.69) is 0 Å². The van der Waals surface area contributed by atoms with Gasteiger partial charge in [-0.3, -0.25) is 0 Å². The van der Waals surface area contributed by atoms with Crippen molar-refractivity contribution in [2.45, 2.75) is 6.92 Å². The van der Waals surface area contributed by atoms with E-state index in [4.69, 9.17) is 15.4 Å². The van der Waals surface area contributed by atoms with E-state index in [-0.39, 0.29) is 0 Å². The van der Waals surface area contributed by atoms with Crippen LogP contribution in [0.2, 0.25) is 0 Å². The van der Waals surface area contributed by atoms with Gasteiger partial charge in [0, 0.05) is 17.0 Å². The van der Waals surface area contributed by atoms with Crippen LogP contribution in [-0.2, 0) is 4.18 Å². The fraction of sp³-hybridized carbons (Fsp3) is 0.250. The lowest BCUT2D eigenvalue weighted by Crippen LogP contribution is -1.92. The van der Waals surface area contributed by atoms with E-state index < -0.39 is 6.48 Å². The quantitative estimate of drug-likeness (QED) is 0.567. The van der Waals surface area contributed by atoms with Gasteiger partial charge in [0.1, 0.15) is 6.48 Å². The predicted molar refractivity (Wildman–Crippen MR) is 58.1 cm³/mol. The number of hydrogen-bond donors (Lipinski definition) is 0. The third-order valence-corrected chi connectivity index (χ3v) is 4.81. The summed E-state index contributed by atoms with van der Waals surface area (Å²) in [7, 11) is 0. The largest absolute Gasteiger partial charge is 0.310 e. The maximum Gasteiger partial charge on any atom is 0.110 e. The van der Waals surface area contributed by atoms with Crippen molar-refractivity contribution in [1.29, 1.82) is 0 Å². The highest BCUT2D eigenvalue weighted by Crippen LogP contribution is 2.53. The van der Waals surface area contributed by atoms with Crippen LogP contribution in [0.5, 0.6) is 0 Å². The molecule has 1 unspecified atom stereocenters. The SMILES string of the molecule is CCOSP(Cl)c1ccccc1. The molecular weight excluding hydrogens is 211 g/mol. The minimum atomic E-state index is -0.715. The second kappa shape index (κ2) is 5.82. The van der Waals surface area contributed by atoms with Crippen LogP contribution in [0.25, 0.3) is 0 Å². The van der Waals surface area contributed by atoms with Crippen LogP contribution in [0, 0.1) is 0 Å². The average molecular weight is 221 g/mol. The van der Waals surface area contributed by atoms with Crippen LogP contribution in [0.4, 0.5) is 0 Å². The summed E-state index contributed by atoms with van der Waals surface area (Å²) < 4.78 is 5.16. The van der Waals surface area contributed by atoms with Crippen LogP contribution in [-0.4, -0.2) is 6.61 Å². The molecule has 0 heterocycles. The van der Waals surface area contributed by atoms with E-state index in [0.717, 1.165) is 5.30 Å². The molecular formula is C8H10ClOPS. The molecule has 66 valence electrons. The maximum atomic E-state index is 6.09. The summed E-state index contributed by atoms with van der Waals surface area (Å²) in [4.78, 5) is 0. The zero-order chi connectivity index (χ0) is 8.81. The van der Waals surface area contributed by atoms with Crippen molar-refractivity contribution in [3.8, 4) is 0 Å². The molecule has 0 radical (unpaired) electrons. The van der Waals surface area contributed by atoms with Crippen LogP contribution in [0.15, 0.2) is 30.3 Å². The highest BCUT2D eigenvalue weighted by atomic mass is 35.7. The van der Waals surface area contributed by atoms with Crippen molar-refractivity contribution in [3.63, 3.8) is 0 Å². The van der Waals surface area contributed by atoms with Gasteiger partial charge in [-0.1, -0.05) is 41.6 Å². The Labute approximate surface area is 83.0 Å². The molecule has 1 atom stereocenters. The number of rotatable bonds is 4. The summed E-state index contributed by atoms with van der Waals surface area (Å²) in [5.74, 6) is 0. The van der Waals surface area contributed by atoms with Crippen LogP contribution < -0.4 is 5.30 Å². The van der Waals surface area contributed by atoms with Crippen LogP contribution in [0.3, 0.4) is 0 Å². The second-order valence-corrected chi connectivity index (χ2v) is 6.61. The highest BCUT2D eigenvalue weighted by molar-refractivity contribution is 8.63. The first kappa shape index (κ1) is 10.3. The van der Waals surface area contributed by atoms with E-state index in [1.807, 2.05) is 37.3 Å². The Bertz CT molecular complexity index is 220. The molecule has 0 saturated carbocycles. The normalized spacial score (nSPS) is 12.8. The molecule has 0 N–H and O–H groups in total. The minimum Gasteiger partial charge on any atom is -0.310 e. The molecule has 0 aliphatic carbocycles. The molecule has 1 rings (SSSR count). The van der Waals surface area contributed by atoms with Crippen molar-refractivity contribution in [2.24, 2.45) is 0 Å². The summed E-state index contributed by atoms with van der Waals surface area (Å²) in [6.45, 7) is 1.94. The number of hydrogen-bond acceptors (Lipinski definition) is 2. The Balaban J connectivity index is 2.48. The zero-order valence-electron chi connectivity index (χ0n) is 6.74. The Morgan fingerprint density at radius 1 is 1.42 bits per heavy atom. The first-order chi connectivity index (χ1) is 5.84. The summed E-state index contributed by atoms with van der Waals surface area (Å²) in [5.41, 5.74) is 0. The zero-order valence-corrected chi connectivity index (χ0v) is 9.20. The Morgan fingerprint density at radius 3 is 2.67 bits per heavy atom. The van der Waals surface area contributed by atoms with Crippen molar-refractivity contribution in [2.75, 3.05) is 6.61 Å². The molecule has 0 aliphatic heterocycles. The van der Waals surface area contributed by atoms with Crippen LogP contribution >= 0.6 is 29.4 Å². The molecule has 0 amide bonds. The van der Waals surface area contributed by atoms with Crippen molar-refractivity contribution in [1.82, 2.24) is 0 Å². The molecule has 1 aromatic carbocycles. The average Bonchev–Trinajstić information content (AvgIpc) is 2.15. The Hall–Kier alpha value is 0.250. The van der Waals surface area contributed by atoms with Crippen molar-refractivity contribution in [3.05, 3.63) is 30.3 Å². The van der Waals surface area contributed by atoms with Gasteiger partial charge >= 0.3 is 0 Å². The van der Waals surface area contributed by atoms with E-state index in [1.54, 1.807) is 0 Å². The van der Waals surface area contributed by atoms with Gasteiger partial charge in [-0.15, -0.1) is 0 Å². The molecule has 4 heteroatoms. The topological polar surface area (TPSA) is 9.23 Å². The van der Waals surface area contributed by atoms with Crippen LogP contribution in [0.1, 0.15) is 6.92 Å². The van der Waals surface area contributed by atoms with Gasteiger partial charge in [0.25, 0.3) is 0 Å². The lowest BCUT2D eigenvalue weighted by atomic mass is 10.4. The summed E-state index contributed by atoms with van der Waals surface area (Å²) >= 11 is 7.45. The molecule has 0 bridgehead atoms. The van der Waals surface area contributed by atoms with Gasteiger partial charge in [0.15, 0.2) is 0 Å². The minimum absolute atomic E-state index is 0.697. The smallest absolute Gasteiger partial charge is 0.110 e. The molecule has 0 spiro atoms. The standard InChI is InChI=1S/C8H10ClOPS/c1-2-10-12-11(9)8-6-4-3-5-7-8/h3-7H,2H2,1H3. The monoisotopic (exact) mass is 220 g/mol. The maximum absolute atomic E-state index is 6.09. The fourth-order valence-corrected chi connectivity index (χ4v) is 3.29. The van der Waals surface area contributed by atoms with E-state index in [0.29, 0.717) is 6.61 Å². The molecule has 12 heavy (non-hydrogen) atoms. The molecule has 0 aromatic heterocycles. The summed E-state index contributed by atoms with van der Waals surface area (Å²) in [6.07, 6.45) is 0. The Morgan fingerprint density at radius 2 is 2.08 bits per heavy atom. The number of benzene rings is 1. The second-order valence-electron chi connectivity index (χ2n) is 2.06. The third-order valence-electron chi connectivity index (χ3n) is 1.20. The molecule has 1 aromatic rings. The lowest BCUT2D eigenvalue weighted by molar-refractivity contribution is 0.408. The van der Waals surface area contributed by atoms with E-state index >= 15 is 0 Å². The van der Waals surface area contributed by atoms with Gasteiger partial charge in [-0.25, -0.2) is 0 Å². The molecule has 0 saturated heterocycles. The molecule has 0 aliphatic rings. The lowest BCUT2D eigenvalue weighted by Gasteiger charge is -2.06. The Kier molecular flexibility index (Phi) is 5.01. The van der Waals surface area contributed by atoms with Gasteiger partial charge in [-0.2, -0.15) is 0 Å². The van der Waals surface area contributed by atoms with Crippen molar-refractivity contribution < 1.29 is 4.18 Å². The fourth-order valence-electron chi connectivity index (χ4n) is 0.687. The first-order valence-electron chi connectivity index (χ1n) is 3.65. The summed E-state index contributed by atoms with van der Waals surface area (Å²) in [6, 6.07) is 9.99. The summed E-state index contributed by atoms with van der Waals surface area (Å²) in [5, 5.41) is 1.15. The van der Waals surface area contributed by atoms with Gasteiger partial charge in [0.2, 0.25) is 0 Å². The van der Waals surface area contributed by atoms with Gasteiger partial charge < -0.3 is 4.18 Å². The first-order valence-corrected chi connectivity index (χ1v) is 7.24. The van der Waals surface area contributed by atoms with E-state index in [1.165, 1.54) is 11.7 Å². The van der Waals surface area contributed by atoms with Crippen molar-refractivity contribution >= 4 is 34.7 Å². The van der Waals surface area contributed by atoms with Gasteiger partial charge in [0.05, 0.1) is 6.61 Å². The van der Waals surface area contributed by atoms with Gasteiger partial charge in [-0.05, 0) is 6.92 Å². The number of halogens is 1. The third kappa shape index (κ3) is 3.32. The molecule has 0 fully saturated rings. The predicted octanol–water partition coefficient (Wildman–Crippen LogP) is 3.55.